The molecule has 0 N–H and O–H groups in total. The van der Waals surface area contributed by atoms with Crippen molar-refractivity contribution in [3.8, 4) is 5.75 Å². The number of aryl methyl sites for hydroxylation is 1. The average molecular weight is 305 g/mol. The summed E-state index contributed by atoms with van der Waals surface area (Å²) < 4.78 is 30.6. The van der Waals surface area contributed by atoms with Gasteiger partial charge in [0.1, 0.15) is 5.75 Å². The number of hydrogen-bond acceptors (Lipinski definition) is 3. The summed E-state index contributed by atoms with van der Waals surface area (Å²) in [6, 6.07) is 14.8. The van der Waals surface area contributed by atoms with Crippen molar-refractivity contribution in [2.45, 2.75) is 13.5 Å². The lowest BCUT2D eigenvalue weighted by Gasteiger charge is -2.22. The van der Waals surface area contributed by atoms with Gasteiger partial charge in [0.25, 0.3) is 0 Å². The molecular formula is C16H19NO3S. The Morgan fingerprint density at radius 3 is 2.05 bits per heavy atom. The number of sulfonamides is 1. The highest BCUT2D eigenvalue weighted by Crippen LogP contribution is 2.23. The van der Waals surface area contributed by atoms with Crippen LogP contribution in [0.2, 0.25) is 0 Å². The van der Waals surface area contributed by atoms with Crippen LogP contribution in [-0.4, -0.2) is 21.8 Å². The molecule has 0 saturated heterocycles. The lowest BCUT2D eigenvalue weighted by atomic mass is 10.1. The van der Waals surface area contributed by atoms with E-state index in [1.54, 1.807) is 31.4 Å². The first kappa shape index (κ1) is 15.4. The summed E-state index contributed by atoms with van der Waals surface area (Å²) in [6.07, 6.45) is 1.21. The normalized spacial score (nSPS) is 11.2. The Bertz CT molecular complexity index is 691. The third kappa shape index (κ3) is 3.98. The molecule has 0 unspecified atom stereocenters. The molecule has 112 valence electrons. The quantitative estimate of drug-likeness (QED) is 0.853. The van der Waals surface area contributed by atoms with E-state index in [4.69, 9.17) is 4.74 Å². The molecule has 0 heterocycles. The fourth-order valence-corrected chi connectivity index (χ4v) is 2.90. The molecule has 0 spiro atoms. The number of rotatable bonds is 5. The van der Waals surface area contributed by atoms with Crippen molar-refractivity contribution in [2.75, 3.05) is 17.7 Å². The molecule has 0 amide bonds. The summed E-state index contributed by atoms with van der Waals surface area (Å²) in [7, 11) is -1.77. The van der Waals surface area contributed by atoms with E-state index in [1.165, 1.54) is 10.6 Å². The monoisotopic (exact) mass is 305 g/mol. The van der Waals surface area contributed by atoms with Gasteiger partial charge in [-0.15, -0.1) is 0 Å². The summed E-state index contributed by atoms with van der Waals surface area (Å²) in [4.78, 5) is 0. The van der Waals surface area contributed by atoms with Crippen molar-refractivity contribution in [1.29, 1.82) is 0 Å². The topological polar surface area (TPSA) is 46.6 Å². The molecule has 4 nitrogen and oxygen atoms in total. The largest absolute Gasteiger partial charge is 0.497 e. The molecule has 2 aromatic rings. The van der Waals surface area contributed by atoms with Gasteiger partial charge in [-0.1, -0.05) is 29.8 Å². The van der Waals surface area contributed by atoms with Crippen molar-refractivity contribution in [3.05, 3.63) is 59.7 Å². The number of hydrogen-bond donors (Lipinski definition) is 0. The summed E-state index contributed by atoms with van der Waals surface area (Å²) in [5.74, 6) is 0.697. The maximum absolute atomic E-state index is 12.1. The third-order valence-electron chi connectivity index (χ3n) is 3.21. The van der Waals surface area contributed by atoms with Crippen LogP contribution in [0.4, 0.5) is 5.69 Å². The van der Waals surface area contributed by atoms with Gasteiger partial charge >= 0.3 is 0 Å². The maximum Gasteiger partial charge on any atom is 0.232 e. The molecule has 0 aliphatic carbocycles. The SMILES string of the molecule is COc1ccc(N(Cc2ccc(C)cc2)S(C)(=O)=O)cc1. The Kier molecular flexibility index (Phi) is 4.53. The molecule has 21 heavy (non-hydrogen) atoms. The van der Waals surface area contributed by atoms with Gasteiger partial charge in [-0.05, 0) is 36.8 Å². The molecule has 0 bridgehead atoms. The zero-order valence-electron chi connectivity index (χ0n) is 12.4. The number of methoxy groups -OCH3 is 1. The van der Waals surface area contributed by atoms with Gasteiger partial charge in [0.05, 0.1) is 25.6 Å². The van der Waals surface area contributed by atoms with E-state index in [2.05, 4.69) is 0 Å². The van der Waals surface area contributed by atoms with Crippen molar-refractivity contribution in [1.82, 2.24) is 0 Å². The van der Waals surface area contributed by atoms with Gasteiger partial charge in [-0.3, -0.25) is 4.31 Å². The Morgan fingerprint density at radius 1 is 1.00 bits per heavy atom. The third-order valence-corrected chi connectivity index (χ3v) is 4.35. The molecule has 2 aromatic carbocycles. The van der Waals surface area contributed by atoms with Crippen LogP contribution in [0.15, 0.2) is 48.5 Å². The summed E-state index contributed by atoms with van der Waals surface area (Å²) >= 11 is 0. The zero-order chi connectivity index (χ0) is 15.5. The van der Waals surface area contributed by atoms with E-state index >= 15 is 0 Å². The molecule has 0 fully saturated rings. The number of benzene rings is 2. The second kappa shape index (κ2) is 6.18. The maximum atomic E-state index is 12.1. The van der Waals surface area contributed by atoms with E-state index in [9.17, 15) is 8.42 Å². The van der Waals surface area contributed by atoms with E-state index < -0.39 is 10.0 Å². The van der Waals surface area contributed by atoms with Gasteiger partial charge < -0.3 is 4.74 Å². The smallest absolute Gasteiger partial charge is 0.232 e. The second-order valence-corrected chi connectivity index (χ2v) is 6.86. The van der Waals surface area contributed by atoms with E-state index in [0.29, 0.717) is 18.0 Å². The minimum Gasteiger partial charge on any atom is -0.497 e. The summed E-state index contributed by atoms with van der Waals surface area (Å²) in [5, 5.41) is 0. The van der Waals surface area contributed by atoms with Crippen molar-refractivity contribution in [2.24, 2.45) is 0 Å². The second-order valence-electron chi connectivity index (χ2n) is 4.95. The first-order valence-corrected chi connectivity index (χ1v) is 8.42. The van der Waals surface area contributed by atoms with Crippen LogP contribution in [0.1, 0.15) is 11.1 Å². The summed E-state index contributed by atoms with van der Waals surface area (Å²) in [5.41, 5.74) is 2.72. The highest BCUT2D eigenvalue weighted by atomic mass is 32.2. The number of anilines is 1. The molecule has 0 saturated carbocycles. The van der Waals surface area contributed by atoms with Gasteiger partial charge in [0.15, 0.2) is 0 Å². The number of nitrogens with zero attached hydrogens (tertiary/aromatic N) is 1. The van der Waals surface area contributed by atoms with E-state index in [1.807, 2.05) is 31.2 Å². The molecule has 2 rings (SSSR count). The van der Waals surface area contributed by atoms with Crippen LogP contribution >= 0.6 is 0 Å². The minimum atomic E-state index is -3.35. The Labute approximate surface area is 126 Å². The highest BCUT2D eigenvalue weighted by molar-refractivity contribution is 7.92. The Hall–Kier alpha value is -2.01. The molecule has 0 radical (unpaired) electrons. The predicted molar refractivity (Wildman–Crippen MR) is 85.2 cm³/mol. The average Bonchev–Trinajstić information content (AvgIpc) is 2.45. The van der Waals surface area contributed by atoms with Crippen LogP contribution < -0.4 is 9.04 Å². The van der Waals surface area contributed by atoms with Crippen molar-refractivity contribution >= 4 is 15.7 Å². The molecule has 0 aromatic heterocycles. The van der Waals surface area contributed by atoms with E-state index in [0.717, 1.165) is 11.1 Å². The highest BCUT2D eigenvalue weighted by Gasteiger charge is 2.17. The van der Waals surface area contributed by atoms with Crippen molar-refractivity contribution in [3.63, 3.8) is 0 Å². The lowest BCUT2D eigenvalue weighted by molar-refractivity contribution is 0.415. The summed E-state index contributed by atoms with van der Waals surface area (Å²) in [6.45, 7) is 2.31. The Morgan fingerprint density at radius 2 is 1.57 bits per heavy atom. The predicted octanol–water partition coefficient (Wildman–Crippen LogP) is 2.97. The van der Waals surface area contributed by atoms with Crippen LogP contribution in [0.5, 0.6) is 5.75 Å². The van der Waals surface area contributed by atoms with Crippen LogP contribution in [0, 0.1) is 6.92 Å². The van der Waals surface area contributed by atoms with Crippen LogP contribution in [0.25, 0.3) is 0 Å². The standard InChI is InChI=1S/C16H19NO3S/c1-13-4-6-14(7-5-13)12-17(21(3,18)19)15-8-10-16(20-2)11-9-15/h4-11H,12H2,1-3H3. The molecule has 0 aliphatic rings. The zero-order valence-corrected chi connectivity index (χ0v) is 13.2. The fourth-order valence-electron chi connectivity index (χ4n) is 2.01. The number of ether oxygens (including phenoxy) is 1. The minimum absolute atomic E-state index is 0.311. The van der Waals surface area contributed by atoms with Gasteiger partial charge in [0, 0.05) is 0 Å². The first-order chi connectivity index (χ1) is 9.90. The Balaban J connectivity index is 2.32. The van der Waals surface area contributed by atoms with Gasteiger partial charge in [0.2, 0.25) is 10.0 Å². The molecule has 0 aliphatic heterocycles. The molecular weight excluding hydrogens is 286 g/mol. The van der Waals surface area contributed by atoms with Gasteiger partial charge in [-0.2, -0.15) is 0 Å². The molecule has 5 heteroatoms. The van der Waals surface area contributed by atoms with Gasteiger partial charge in [-0.25, -0.2) is 8.42 Å². The lowest BCUT2D eigenvalue weighted by Crippen LogP contribution is -2.29. The molecule has 0 atom stereocenters. The van der Waals surface area contributed by atoms with E-state index in [-0.39, 0.29) is 0 Å². The first-order valence-electron chi connectivity index (χ1n) is 6.57. The fraction of sp³-hybridized carbons (Fsp3) is 0.250. The van der Waals surface area contributed by atoms with Crippen LogP contribution in [-0.2, 0) is 16.6 Å². The van der Waals surface area contributed by atoms with Crippen LogP contribution in [0.3, 0.4) is 0 Å². The van der Waals surface area contributed by atoms with Crippen molar-refractivity contribution < 1.29 is 13.2 Å².